The van der Waals surface area contributed by atoms with E-state index in [9.17, 15) is 0 Å². The largest absolute Gasteiger partial charge is 0.492 e. The summed E-state index contributed by atoms with van der Waals surface area (Å²) in [5.74, 6) is 0. The maximum absolute atomic E-state index is 8.88. The molecule has 0 saturated heterocycles. The van der Waals surface area contributed by atoms with Gasteiger partial charge in [-0.2, -0.15) is 0 Å². The molecule has 1 rings (SSSR count). The lowest BCUT2D eigenvalue weighted by atomic mass is 10.4. The highest BCUT2D eigenvalue weighted by atomic mass is 28.4. The molecule has 112 valence electrons. The van der Waals surface area contributed by atoms with Crippen molar-refractivity contribution in [2.24, 2.45) is 0 Å². The summed E-state index contributed by atoms with van der Waals surface area (Å²) < 4.78 is 2.02. The Balaban J connectivity index is 2.19. The molecule has 0 aliphatic carbocycles. The summed E-state index contributed by atoms with van der Waals surface area (Å²) >= 11 is 0. The Labute approximate surface area is 114 Å². The first-order chi connectivity index (χ1) is 8.66. The third-order valence-electron chi connectivity index (χ3n) is 2.92. The fourth-order valence-corrected chi connectivity index (χ4v) is 3.25. The second-order valence-corrected chi connectivity index (χ2v) is 9.04. The molecule has 1 heterocycles. The van der Waals surface area contributed by atoms with Gasteiger partial charge < -0.3 is 28.8 Å². The van der Waals surface area contributed by atoms with Gasteiger partial charge in [-0.05, 0) is 12.8 Å². The average Bonchev–Trinajstić information content (AvgIpc) is 2.62. The van der Waals surface area contributed by atoms with Crippen LogP contribution in [0.15, 0.2) is 0 Å². The Hall–Kier alpha value is -0.336. The van der Waals surface area contributed by atoms with Crippen LogP contribution in [0.25, 0.3) is 0 Å². The molecular formula is C9H23N2O6Si2+. The second-order valence-electron chi connectivity index (χ2n) is 4.94. The van der Waals surface area contributed by atoms with Gasteiger partial charge in [0.2, 0.25) is 6.34 Å². The molecule has 0 fully saturated rings. The van der Waals surface area contributed by atoms with Crippen molar-refractivity contribution in [3.63, 3.8) is 0 Å². The quantitative estimate of drug-likeness (QED) is 0.208. The summed E-state index contributed by atoms with van der Waals surface area (Å²) in [6, 6.07) is 0.0655. The third-order valence-corrected chi connectivity index (χ3v) is 4.96. The lowest BCUT2D eigenvalue weighted by molar-refractivity contribution is -0.513. The van der Waals surface area contributed by atoms with Crippen molar-refractivity contribution in [1.82, 2.24) is 4.90 Å². The summed E-state index contributed by atoms with van der Waals surface area (Å²) in [5, 5.41) is 0. The fraction of sp³-hybridized carbons (Fsp3) is 0.889. The Bertz CT molecular complexity index is 315. The van der Waals surface area contributed by atoms with E-state index in [0.717, 1.165) is 13.1 Å². The lowest BCUT2D eigenvalue weighted by Crippen LogP contribution is -2.35. The molecule has 0 spiro atoms. The summed E-state index contributed by atoms with van der Waals surface area (Å²) in [6.07, 6.45) is 2.94. The molecule has 0 aromatic carbocycles. The van der Waals surface area contributed by atoms with Gasteiger partial charge in [0.25, 0.3) is 0 Å². The number of nitrogens with zero attached hydrogens (tertiary/aromatic N) is 2. The van der Waals surface area contributed by atoms with E-state index in [1.165, 1.54) is 0 Å². The first-order valence-electron chi connectivity index (χ1n) is 6.33. The average molecular weight is 311 g/mol. The van der Waals surface area contributed by atoms with Crippen LogP contribution in [0.2, 0.25) is 12.1 Å². The van der Waals surface area contributed by atoms with E-state index in [0.29, 0.717) is 25.9 Å². The second kappa shape index (κ2) is 6.90. The standard InChI is InChI=1S/C9H23N2O6Si2/c12-18(13,14)7-1-3-10-5-6-11(9-10)4-2-8-19(15,16)17/h9,12-17H,1-8H2/q+1. The van der Waals surface area contributed by atoms with Crippen LogP contribution in [0, 0.1) is 0 Å². The van der Waals surface area contributed by atoms with Crippen LogP contribution in [-0.4, -0.2) is 88.4 Å². The zero-order valence-corrected chi connectivity index (χ0v) is 12.8. The summed E-state index contributed by atoms with van der Waals surface area (Å²) in [5.41, 5.74) is 0. The normalized spacial score (nSPS) is 16.9. The molecular weight excluding hydrogens is 288 g/mol. The predicted octanol–water partition coefficient (Wildman–Crippen LogP) is -3.05. The van der Waals surface area contributed by atoms with Crippen LogP contribution in [0.4, 0.5) is 0 Å². The van der Waals surface area contributed by atoms with E-state index >= 15 is 0 Å². The van der Waals surface area contributed by atoms with Gasteiger partial charge in [0.15, 0.2) is 0 Å². The van der Waals surface area contributed by atoms with Crippen molar-refractivity contribution in [1.29, 1.82) is 0 Å². The van der Waals surface area contributed by atoms with E-state index < -0.39 is 17.6 Å². The predicted molar refractivity (Wildman–Crippen MR) is 71.3 cm³/mol. The summed E-state index contributed by atoms with van der Waals surface area (Å²) in [6.45, 7) is 2.92. The van der Waals surface area contributed by atoms with Gasteiger partial charge in [-0.1, -0.05) is 0 Å². The highest BCUT2D eigenvalue weighted by Gasteiger charge is 2.29. The first kappa shape index (κ1) is 16.7. The maximum atomic E-state index is 8.88. The molecule has 0 radical (unpaired) electrons. The molecule has 6 N–H and O–H groups in total. The molecule has 0 unspecified atom stereocenters. The molecule has 0 aromatic heterocycles. The van der Waals surface area contributed by atoms with E-state index in [1.54, 1.807) is 0 Å². The minimum atomic E-state index is -3.92. The number of rotatable bonds is 8. The van der Waals surface area contributed by atoms with Crippen molar-refractivity contribution in [3.05, 3.63) is 0 Å². The van der Waals surface area contributed by atoms with Gasteiger partial charge in [-0.15, -0.1) is 0 Å². The van der Waals surface area contributed by atoms with Crippen molar-refractivity contribution < 1.29 is 33.3 Å². The molecule has 0 aromatic rings. The minimum absolute atomic E-state index is 0.0327. The van der Waals surface area contributed by atoms with Gasteiger partial charge in [-0.25, -0.2) is 0 Å². The molecule has 19 heavy (non-hydrogen) atoms. The Morgan fingerprint density at radius 1 is 0.947 bits per heavy atom. The molecule has 10 heteroatoms. The fourth-order valence-electron chi connectivity index (χ4n) is 1.98. The van der Waals surface area contributed by atoms with E-state index in [1.807, 2.05) is 15.8 Å². The van der Waals surface area contributed by atoms with Gasteiger partial charge in [-0.3, -0.25) is 9.48 Å². The molecule has 1 aliphatic rings. The smallest absolute Gasteiger partial charge is 0.390 e. The molecule has 1 aliphatic heterocycles. The van der Waals surface area contributed by atoms with Gasteiger partial charge in [0.1, 0.15) is 13.1 Å². The number of hydrogen-bond donors (Lipinski definition) is 6. The van der Waals surface area contributed by atoms with Gasteiger partial charge in [0, 0.05) is 12.1 Å². The van der Waals surface area contributed by atoms with Gasteiger partial charge in [0.05, 0.1) is 13.1 Å². The Morgan fingerprint density at radius 3 is 2.11 bits per heavy atom. The highest BCUT2D eigenvalue weighted by Crippen LogP contribution is 2.06. The lowest BCUT2D eigenvalue weighted by Gasteiger charge is -2.10. The zero-order valence-electron chi connectivity index (χ0n) is 10.8. The van der Waals surface area contributed by atoms with Crippen LogP contribution >= 0.6 is 0 Å². The highest BCUT2D eigenvalue weighted by molar-refractivity contribution is 6.56. The minimum Gasteiger partial charge on any atom is -0.390 e. The van der Waals surface area contributed by atoms with E-state index in [2.05, 4.69) is 0 Å². The van der Waals surface area contributed by atoms with Crippen LogP contribution < -0.4 is 0 Å². The van der Waals surface area contributed by atoms with Crippen molar-refractivity contribution >= 4 is 23.9 Å². The summed E-state index contributed by atoms with van der Waals surface area (Å²) in [7, 11) is -7.84. The van der Waals surface area contributed by atoms with Crippen LogP contribution in [0.1, 0.15) is 12.8 Å². The van der Waals surface area contributed by atoms with Crippen LogP contribution in [0.5, 0.6) is 0 Å². The van der Waals surface area contributed by atoms with Crippen LogP contribution in [-0.2, 0) is 0 Å². The molecule has 0 bridgehead atoms. The van der Waals surface area contributed by atoms with E-state index in [4.69, 9.17) is 28.8 Å². The number of hydrogen-bond acceptors (Lipinski definition) is 7. The first-order valence-corrected chi connectivity index (χ1v) is 10.4. The zero-order chi connectivity index (χ0) is 14.5. The molecule has 8 nitrogen and oxygen atoms in total. The van der Waals surface area contributed by atoms with Crippen LogP contribution in [0.3, 0.4) is 0 Å². The summed E-state index contributed by atoms with van der Waals surface area (Å²) in [4.78, 5) is 55.3. The third kappa shape index (κ3) is 8.44. The SMILES string of the molecule is O[Si](O)(O)CCCN1C=[N+](CCC[Si](O)(O)O)CC1. The maximum Gasteiger partial charge on any atom is 0.492 e. The van der Waals surface area contributed by atoms with Crippen molar-refractivity contribution in [3.8, 4) is 0 Å². The topological polar surface area (TPSA) is 128 Å². The van der Waals surface area contributed by atoms with Crippen molar-refractivity contribution in [2.45, 2.75) is 24.9 Å². The molecule has 0 atom stereocenters. The monoisotopic (exact) mass is 311 g/mol. The molecule has 0 saturated carbocycles. The molecule has 0 amide bonds. The van der Waals surface area contributed by atoms with E-state index in [-0.39, 0.29) is 12.1 Å². The Kier molecular flexibility index (Phi) is 6.07. The Morgan fingerprint density at radius 2 is 1.53 bits per heavy atom. The van der Waals surface area contributed by atoms with Crippen molar-refractivity contribution in [2.75, 3.05) is 26.2 Å². The van der Waals surface area contributed by atoms with Gasteiger partial charge >= 0.3 is 17.6 Å².